The molecular formula is C20H21NO6. The fraction of sp³-hybridized carbons (Fsp3) is 0.200. The number of aliphatic carboxylic acids is 2. The molecular weight excluding hydrogens is 350 g/mol. The summed E-state index contributed by atoms with van der Waals surface area (Å²) in [5, 5.41) is 20.3. The molecule has 27 heavy (non-hydrogen) atoms. The summed E-state index contributed by atoms with van der Waals surface area (Å²) in [5.41, 5.74) is 0. The predicted octanol–water partition coefficient (Wildman–Crippen LogP) is 3.32. The summed E-state index contributed by atoms with van der Waals surface area (Å²) in [6.07, 6.45) is 2.46. The minimum Gasteiger partial charge on any atom is -0.482 e. The first-order valence-electron chi connectivity index (χ1n) is 8.31. The van der Waals surface area contributed by atoms with Crippen molar-refractivity contribution in [2.45, 2.75) is 12.5 Å². The van der Waals surface area contributed by atoms with E-state index in [9.17, 15) is 0 Å². The van der Waals surface area contributed by atoms with Crippen LogP contribution >= 0.6 is 0 Å². The largest absolute Gasteiger partial charge is 0.482 e. The number of hydrogen-bond donors (Lipinski definition) is 3. The SMILES string of the molecule is CNCCC(Oc1cccc2ccccc12)c1ccco1.O=C(O)C(=O)O. The molecule has 0 amide bonds. The highest BCUT2D eigenvalue weighted by atomic mass is 16.5. The number of carboxylic acid groups (broad SMARTS) is 2. The molecule has 2 aromatic carbocycles. The Morgan fingerprint density at radius 1 is 1.04 bits per heavy atom. The fourth-order valence-corrected chi connectivity index (χ4v) is 2.46. The smallest absolute Gasteiger partial charge is 0.414 e. The van der Waals surface area contributed by atoms with E-state index in [1.807, 2.05) is 43.4 Å². The molecule has 1 aromatic heterocycles. The number of benzene rings is 2. The third-order valence-corrected chi connectivity index (χ3v) is 3.72. The summed E-state index contributed by atoms with van der Waals surface area (Å²) in [4.78, 5) is 18.2. The molecule has 1 heterocycles. The topological polar surface area (TPSA) is 109 Å². The lowest BCUT2D eigenvalue weighted by atomic mass is 10.1. The molecule has 7 heteroatoms. The van der Waals surface area contributed by atoms with E-state index in [1.165, 1.54) is 5.39 Å². The highest BCUT2D eigenvalue weighted by Crippen LogP contribution is 2.31. The summed E-state index contributed by atoms with van der Waals surface area (Å²) < 4.78 is 11.8. The third-order valence-electron chi connectivity index (χ3n) is 3.72. The number of ether oxygens (including phenoxy) is 1. The molecule has 142 valence electrons. The van der Waals surface area contributed by atoms with E-state index in [-0.39, 0.29) is 6.10 Å². The second kappa shape index (κ2) is 9.98. The molecule has 3 aromatic rings. The molecule has 0 saturated heterocycles. The summed E-state index contributed by atoms with van der Waals surface area (Å²) in [7, 11) is 1.94. The van der Waals surface area contributed by atoms with Crippen LogP contribution in [0.1, 0.15) is 18.3 Å². The molecule has 3 N–H and O–H groups in total. The van der Waals surface area contributed by atoms with Crippen molar-refractivity contribution < 1.29 is 29.0 Å². The van der Waals surface area contributed by atoms with Gasteiger partial charge in [-0.05, 0) is 37.2 Å². The van der Waals surface area contributed by atoms with Crippen LogP contribution in [0.3, 0.4) is 0 Å². The summed E-state index contributed by atoms with van der Waals surface area (Å²) in [6, 6.07) is 18.2. The lowest BCUT2D eigenvalue weighted by Gasteiger charge is -2.18. The molecule has 0 aliphatic rings. The van der Waals surface area contributed by atoms with Crippen LogP contribution in [-0.2, 0) is 9.59 Å². The van der Waals surface area contributed by atoms with E-state index >= 15 is 0 Å². The number of furan rings is 1. The first-order chi connectivity index (χ1) is 13.0. The van der Waals surface area contributed by atoms with Crippen LogP contribution in [0.15, 0.2) is 65.3 Å². The Labute approximate surface area is 156 Å². The van der Waals surface area contributed by atoms with Gasteiger partial charge in [0, 0.05) is 11.8 Å². The van der Waals surface area contributed by atoms with Crippen molar-refractivity contribution in [3.63, 3.8) is 0 Å². The fourth-order valence-electron chi connectivity index (χ4n) is 2.46. The van der Waals surface area contributed by atoms with Crippen molar-refractivity contribution >= 4 is 22.7 Å². The number of rotatable bonds is 6. The monoisotopic (exact) mass is 371 g/mol. The first-order valence-corrected chi connectivity index (χ1v) is 8.31. The molecule has 0 bridgehead atoms. The van der Waals surface area contributed by atoms with Gasteiger partial charge in [0.05, 0.1) is 6.26 Å². The molecule has 0 fully saturated rings. The second-order valence-corrected chi connectivity index (χ2v) is 5.60. The molecule has 7 nitrogen and oxygen atoms in total. The molecule has 0 saturated carbocycles. The summed E-state index contributed by atoms with van der Waals surface area (Å²) >= 11 is 0. The van der Waals surface area contributed by atoms with Crippen molar-refractivity contribution in [1.82, 2.24) is 5.32 Å². The van der Waals surface area contributed by atoms with Crippen LogP contribution in [0.5, 0.6) is 5.75 Å². The quantitative estimate of drug-likeness (QED) is 0.570. The van der Waals surface area contributed by atoms with E-state index in [0.29, 0.717) is 0 Å². The average molecular weight is 371 g/mol. The van der Waals surface area contributed by atoms with Crippen LogP contribution < -0.4 is 10.1 Å². The Morgan fingerprint density at radius 3 is 2.37 bits per heavy atom. The number of hydrogen-bond acceptors (Lipinski definition) is 5. The van der Waals surface area contributed by atoms with Gasteiger partial charge in [-0.1, -0.05) is 36.4 Å². The van der Waals surface area contributed by atoms with E-state index in [2.05, 4.69) is 23.5 Å². The third kappa shape index (κ3) is 5.86. The molecule has 0 radical (unpaired) electrons. The Hall–Kier alpha value is -3.32. The van der Waals surface area contributed by atoms with Crippen molar-refractivity contribution in [2.75, 3.05) is 13.6 Å². The van der Waals surface area contributed by atoms with Crippen LogP contribution in [0.25, 0.3) is 10.8 Å². The maximum absolute atomic E-state index is 9.10. The van der Waals surface area contributed by atoms with Gasteiger partial charge in [-0.15, -0.1) is 0 Å². The minimum atomic E-state index is -1.82. The van der Waals surface area contributed by atoms with E-state index in [1.54, 1.807) is 6.26 Å². The van der Waals surface area contributed by atoms with Gasteiger partial charge in [-0.3, -0.25) is 0 Å². The lowest BCUT2D eigenvalue weighted by molar-refractivity contribution is -0.159. The molecule has 0 spiro atoms. The van der Waals surface area contributed by atoms with E-state index < -0.39 is 11.9 Å². The minimum absolute atomic E-state index is 0.0849. The van der Waals surface area contributed by atoms with Crippen LogP contribution in [-0.4, -0.2) is 35.7 Å². The molecule has 1 atom stereocenters. The molecule has 0 aliphatic carbocycles. The molecule has 0 aliphatic heterocycles. The Kier molecular flexibility index (Phi) is 7.39. The van der Waals surface area contributed by atoms with E-state index in [0.717, 1.165) is 29.9 Å². The lowest BCUT2D eigenvalue weighted by Crippen LogP contribution is -2.16. The Bertz CT molecular complexity index is 858. The zero-order valence-electron chi connectivity index (χ0n) is 14.8. The second-order valence-electron chi connectivity index (χ2n) is 5.60. The summed E-state index contributed by atoms with van der Waals surface area (Å²) in [6.45, 7) is 0.871. The van der Waals surface area contributed by atoms with Gasteiger partial charge < -0.3 is 24.7 Å². The van der Waals surface area contributed by atoms with E-state index in [4.69, 9.17) is 29.0 Å². The van der Waals surface area contributed by atoms with Crippen LogP contribution in [0.4, 0.5) is 0 Å². The normalized spacial score (nSPS) is 11.3. The van der Waals surface area contributed by atoms with Crippen LogP contribution in [0, 0.1) is 0 Å². The number of carboxylic acids is 2. The van der Waals surface area contributed by atoms with Gasteiger partial charge in [0.25, 0.3) is 0 Å². The average Bonchev–Trinajstić information content (AvgIpc) is 3.20. The predicted molar refractivity (Wildman–Crippen MR) is 99.8 cm³/mol. The van der Waals surface area contributed by atoms with Gasteiger partial charge in [0.2, 0.25) is 0 Å². The van der Waals surface area contributed by atoms with Gasteiger partial charge in [-0.25, -0.2) is 9.59 Å². The highest BCUT2D eigenvalue weighted by Gasteiger charge is 2.17. The number of nitrogens with one attached hydrogen (secondary N) is 1. The van der Waals surface area contributed by atoms with Gasteiger partial charge >= 0.3 is 11.9 Å². The summed E-state index contributed by atoms with van der Waals surface area (Å²) in [5.74, 6) is -1.89. The number of fused-ring (bicyclic) bond motifs is 1. The van der Waals surface area contributed by atoms with Crippen molar-refractivity contribution in [1.29, 1.82) is 0 Å². The van der Waals surface area contributed by atoms with Gasteiger partial charge in [-0.2, -0.15) is 0 Å². The van der Waals surface area contributed by atoms with Gasteiger partial charge in [0.15, 0.2) is 6.10 Å². The van der Waals surface area contributed by atoms with Crippen LogP contribution in [0.2, 0.25) is 0 Å². The molecule has 1 unspecified atom stereocenters. The maximum atomic E-state index is 9.10. The Morgan fingerprint density at radius 2 is 1.74 bits per heavy atom. The standard InChI is InChI=1S/C18H19NO2.C2H2O4/c1-19-12-11-18(17-10-5-13-20-17)21-16-9-4-7-14-6-2-3-8-15(14)16;3-1(4)2(5)6/h2-10,13,18-19H,11-12H2,1H3;(H,3,4)(H,5,6). The zero-order valence-corrected chi connectivity index (χ0v) is 14.8. The Balaban J connectivity index is 0.000000380. The maximum Gasteiger partial charge on any atom is 0.414 e. The van der Waals surface area contributed by atoms with Gasteiger partial charge in [0.1, 0.15) is 11.5 Å². The van der Waals surface area contributed by atoms with Crippen molar-refractivity contribution in [2.24, 2.45) is 0 Å². The van der Waals surface area contributed by atoms with Crippen molar-refractivity contribution in [3.05, 3.63) is 66.6 Å². The van der Waals surface area contributed by atoms with Crippen molar-refractivity contribution in [3.8, 4) is 5.75 Å². The zero-order chi connectivity index (χ0) is 19.6. The first kappa shape index (κ1) is 20.0. The highest BCUT2D eigenvalue weighted by molar-refractivity contribution is 6.27. The number of carbonyl (C=O) groups is 2. The molecule has 3 rings (SSSR count).